The number of fused-ring (bicyclic) bond motifs is 1. The van der Waals surface area contributed by atoms with Crippen molar-refractivity contribution in [2.45, 2.75) is 80.2 Å². The van der Waals surface area contributed by atoms with Crippen LogP contribution in [0, 0.1) is 5.41 Å². The predicted molar refractivity (Wildman–Crippen MR) is 145 cm³/mol. The van der Waals surface area contributed by atoms with Crippen LogP contribution in [0.3, 0.4) is 0 Å². The largest absolute Gasteiger partial charge is 0.445 e. The first-order valence-corrected chi connectivity index (χ1v) is 16.3. The minimum absolute atomic E-state index is 0.00216. The molecule has 2 atom stereocenters. The third kappa shape index (κ3) is 4.69. The number of pyridine rings is 1. The number of hydrogen-bond donors (Lipinski definition) is 2. The third-order valence-electron chi connectivity index (χ3n) is 9.11. The summed E-state index contributed by atoms with van der Waals surface area (Å²) in [4.78, 5) is 6.71. The van der Waals surface area contributed by atoms with Crippen LogP contribution in [0.15, 0.2) is 17.2 Å². The lowest BCUT2D eigenvalue weighted by atomic mass is 9.74. The molecule has 16 heteroatoms. The molecule has 1 unspecified atom stereocenters. The van der Waals surface area contributed by atoms with Gasteiger partial charge in [0, 0.05) is 30.6 Å². The van der Waals surface area contributed by atoms with Gasteiger partial charge in [0.1, 0.15) is 17.3 Å². The van der Waals surface area contributed by atoms with E-state index in [-0.39, 0.29) is 27.6 Å². The van der Waals surface area contributed by atoms with Gasteiger partial charge in [0.25, 0.3) is 0 Å². The van der Waals surface area contributed by atoms with Gasteiger partial charge in [0.15, 0.2) is 10.7 Å². The Balaban J connectivity index is 1.36. The van der Waals surface area contributed by atoms with Crippen molar-refractivity contribution < 1.29 is 35.8 Å². The fraction of sp³-hybridized carbons (Fsp3) is 0.654. The normalized spacial score (nSPS) is 25.5. The van der Waals surface area contributed by atoms with Crippen LogP contribution in [0.1, 0.15) is 62.1 Å². The number of nitrogens with one attached hydrogen (secondary N) is 1. The zero-order chi connectivity index (χ0) is 29.7. The maximum atomic E-state index is 13.7. The van der Waals surface area contributed by atoms with Crippen LogP contribution in [0.5, 0.6) is 0 Å². The molecule has 0 aromatic carbocycles. The number of sulfonamides is 1. The van der Waals surface area contributed by atoms with Crippen molar-refractivity contribution in [3.63, 3.8) is 0 Å². The molecule has 4 aliphatic rings. The quantitative estimate of drug-likeness (QED) is 0.377. The highest BCUT2D eigenvalue weighted by molar-refractivity contribution is 7.89. The molecule has 2 saturated carbocycles. The van der Waals surface area contributed by atoms with Gasteiger partial charge in [-0.25, -0.2) is 22.5 Å². The van der Waals surface area contributed by atoms with Gasteiger partial charge in [-0.3, -0.25) is 4.40 Å². The lowest BCUT2D eigenvalue weighted by molar-refractivity contribution is -0.138. The molecule has 7 rings (SSSR count). The van der Waals surface area contributed by atoms with Gasteiger partial charge in [0.05, 0.1) is 35.7 Å². The average Bonchev–Trinajstić information content (AvgIpc) is 3.83. The highest BCUT2D eigenvalue weighted by Crippen LogP contribution is 2.48. The summed E-state index contributed by atoms with van der Waals surface area (Å²) < 4.78 is 91.0. The number of aliphatic hydroxyl groups excluding tert-OH is 1. The molecule has 0 amide bonds. The van der Waals surface area contributed by atoms with Crippen molar-refractivity contribution in [2.75, 3.05) is 31.3 Å². The first-order valence-electron chi connectivity index (χ1n) is 14.0. The van der Waals surface area contributed by atoms with Gasteiger partial charge < -0.3 is 14.7 Å². The number of imidazole rings is 1. The Bertz CT molecular complexity index is 1640. The van der Waals surface area contributed by atoms with Crippen molar-refractivity contribution in [1.82, 2.24) is 24.3 Å². The van der Waals surface area contributed by atoms with E-state index in [0.29, 0.717) is 73.7 Å². The molecule has 5 heterocycles. The molecule has 3 aromatic rings. The molecule has 4 fully saturated rings. The Morgan fingerprint density at radius 2 is 1.90 bits per heavy atom. The summed E-state index contributed by atoms with van der Waals surface area (Å²) in [6.07, 6.45) is -0.706. The number of piperidine rings is 1. The smallest absolute Gasteiger partial charge is 0.390 e. The molecule has 42 heavy (non-hydrogen) atoms. The number of aromatic nitrogens is 4. The number of ether oxygens (including phenoxy) is 1. The summed E-state index contributed by atoms with van der Waals surface area (Å²) >= 11 is 0.385. The molecular formula is C26H30F4N6O4S2. The van der Waals surface area contributed by atoms with E-state index in [4.69, 9.17) is 9.72 Å². The maximum absolute atomic E-state index is 13.7. The molecule has 0 bridgehead atoms. The van der Waals surface area contributed by atoms with Crippen molar-refractivity contribution in [2.24, 2.45) is 5.41 Å². The summed E-state index contributed by atoms with van der Waals surface area (Å²) in [7, 11) is -4.21. The molecule has 2 saturated heterocycles. The lowest BCUT2D eigenvalue weighted by Gasteiger charge is -2.41. The van der Waals surface area contributed by atoms with Crippen molar-refractivity contribution in [3.8, 4) is 10.7 Å². The van der Waals surface area contributed by atoms with E-state index in [1.54, 1.807) is 0 Å². The summed E-state index contributed by atoms with van der Waals surface area (Å²) in [6, 6.07) is 1.50. The number of hydrogen-bond acceptors (Lipinski definition) is 9. The predicted octanol–water partition coefficient (Wildman–Crippen LogP) is 3.90. The van der Waals surface area contributed by atoms with E-state index in [0.717, 1.165) is 12.8 Å². The fourth-order valence-electron chi connectivity index (χ4n) is 6.15. The van der Waals surface area contributed by atoms with E-state index in [2.05, 4.69) is 14.9 Å². The molecule has 2 aliphatic carbocycles. The number of rotatable bonds is 7. The first-order chi connectivity index (χ1) is 19.8. The van der Waals surface area contributed by atoms with Crippen LogP contribution in [0.2, 0.25) is 0 Å². The monoisotopic (exact) mass is 630 g/mol. The van der Waals surface area contributed by atoms with Crippen molar-refractivity contribution in [1.29, 1.82) is 0 Å². The number of nitrogens with zero attached hydrogens (tertiary/aromatic N) is 5. The maximum Gasteiger partial charge on any atom is 0.445 e. The SMILES string of the molecule is C[C@@H]1OCC2(CCN(c3cc(S(=O)(=O)NC4(CF)CC4)cn4c(-c5nnc(C(F)(F)F)s5)c(C5CC5)nc34)CC2)C1O. The molecule has 3 aromatic heterocycles. The number of alkyl halides is 4. The average molecular weight is 631 g/mol. The van der Waals surface area contributed by atoms with Gasteiger partial charge >= 0.3 is 6.18 Å². The summed E-state index contributed by atoms with van der Waals surface area (Å²) in [5, 5.41) is 16.9. The van der Waals surface area contributed by atoms with Crippen LogP contribution < -0.4 is 9.62 Å². The molecule has 0 radical (unpaired) electrons. The minimum Gasteiger partial charge on any atom is -0.390 e. The van der Waals surface area contributed by atoms with Crippen LogP contribution in [-0.4, -0.2) is 77.2 Å². The zero-order valence-corrected chi connectivity index (χ0v) is 24.3. The Hall–Kier alpha value is -2.40. The number of aliphatic hydroxyl groups is 1. The van der Waals surface area contributed by atoms with Crippen LogP contribution in [0.25, 0.3) is 16.3 Å². The van der Waals surface area contributed by atoms with Crippen LogP contribution in [0.4, 0.5) is 23.2 Å². The molecule has 1 spiro atoms. The van der Waals surface area contributed by atoms with Gasteiger partial charge in [-0.05, 0) is 51.5 Å². The second-order valence-electron chi connectivity index (χ2n) is 12.1. The molecule has 10 nitrogen and oxygen atoms in total. The van der Waals surface area contributed by atoms with E-state index < -0.39 is 44.9 Å². The van der Waals surface area contributed by atoms with Crippen LogP contribution >= 0.6 is 11.3 Å². The first kappa shape index (κ1) is 28.4. The topological polar surface area (TPSA) is 122 Å². The van der Waals surface area contributed by atoms with Crippen molar-refractivity contribution >= 4 is 32.7 Å². The second kappa shape index (κ2) is 9.55. The van der Waals surface area contributed by atoms with Gasteiger partial charge in [-0.15, -0.1) is 10.2 Å². The van der Waals surface area contributed by atoms with Gasteiger partial charge in [-0.2, -0.15) is 13.2 Å². The number of halogens is 4. The van der Waals surface area contributed by atoms with E-state index >= 15 is 0 Å². The Morgan fingerprint density at radius 3 is 2.45 bits per heavy atom. The molecule has 228 valence electrons. The Kier molecular flexibility index (Phi) is 6.45. The van der Waals surface area contributed by atoms with E-state index in [9.17, 15) is 31.1 Å². The standard InChI is InChI=1S/C26H30F4N6O4S2/c1-14-20(37)24(13-40-14)6-8-35(9-7-24)17-10-16(42(38,39)34-25(12-27)4-5-25)11-36-19(18(15-2-3-15)31-21(17)36)22-32-33-23(41-22)26(28,29)30/h10-11,14-15,20,34,37H,2-9,12-13H2,1H3/t14-,20?/m0/s1. The zero-order valence-electron chi connectivity index (χ0n) is 22.7. The molecule has 2 N–H and O–H groups in total. The molecular weight excluding hydrogens is 600 g/mol. The highest BCUT2D eigenvalue weighted by Gasteiger charge is 2.50. The molecule has 2 aliphatic heterocycles. The number of anilines is 1. The van der Waals surface area contributed by atoms with Gasteiger partial charge in [0.2, 0.25) is 15.0 Å². The Labute approximate surface area is 243 Å². The fourth-order valence-corrected chi connectivity index (χ4v) is 8.37. The van der Waals surface area contributed by atoms with Crippen molar-refractivity contribution in [3.05, 3.63) is 23.0 Å². The minimum atomic E-state index is -4.68. The van der Waals surface area contributed by atoms with E-state index in [1.807, 2.05) is 11.8 Å². The summed E-state index contributed by atoms with van der Waals surface area (Å²) in [5.74, 6) is 0.00216. The highest BCUT2D eigenvalue weighted by atomic mass is 32.2. The Morgan fingerprint density at radius 1 is 1.19 bits per heavy atom. The third-order valence-corrected chi connectivity index (χ3v) is 11.6. The van der Waals surface area contributed by atoms with Crippen LogP contribution in [-0.2, 0) is 20.9 Å². The summed E-state index contributed by atoms with van der Waals surface area (Å²) in [5.41, 5.74) is 0.178. The lowest BCUT2D eigenvalue weighted by Crippen LogP contribution is -2.47. The van der Waals surface area contributed by atoms with Gasteiger partial charge in [-0.1, -0.05) is 11.3 Å². The second-order valence-corrected chi connectivity index (χ2v) is 14.8. The summed E-state index contributed by atoms with van der Waals surface area (Å²) in [6.45, 7) is 2.38. The van der Waals surface area contributed by atoms with E-state index in [1.165, 1.54) is 16.7 Å².